The van der Waals surface area contributed by atoms with Gasteiger partial charge in [0.15, 0.2) is 8.32 Å². The molecule has 0 bridgehead atoms. The number of hydrogen-bond donors (Lipinski definition) is 1. The first-order valence-electron chi connectivity index (χ1n) is 8.03. The molecule has 0 aliphatic rings. The summed E-state index contributed by atoms with van der Waals surface area (Å²) in [7, 11) is -1.93. The summed E-state index contributed by atoms with van der Waals surface area (Å²) in [5.41, 5.74) is 5.77. The minimum absolute atomic E-state index is 0.0572. The molecule has 1 aromatic carbocycles. The fraction of sp³-hybridized carbons (Fsp3) is 0.556. The molecule has 1 atom stereocenters. The summed E-state index contributed by atoms with van der Waals surface area (Å²) in [4.78, 5) is 0. The average Bonchev–Trinajstić information content (AvgIpc) is 2.40. The Balaban J connectivity index is 3.06. The van der Waals surface area contributed by atoms with E-state index < -0.39 is 26.1 Å². The summed E-state index contributed by atoms with van der Waals surface area (Å²) < 4.78 is 45.7. The first-order valence-corrected chi connectivity index (χ1v) is 10.9. The van der Waals surface area contributed by atoms with Crippen LogP contribution in [0.2, 0.25) is 18.1 Å². The molecule has 0 fully saturated rings. The van der Waals surface area contributed by atoms with Crippen LogP contribution in [0.15, 0.2) is 24.3 Å². The van der Waals surface area contributed by atoms with Crippen molar-refractivity contribution in [2.24, 2.45) is 5.73 Å². The average molecular weight is 360 g/mol. The standard InChI is InChI=1S/C18H28F3NOSi/c1-13(22)14-9-7-11-16(18(19,20)21)15(14)10-8-12-23-24(5,6)17(2,3)4/h7-11,13H,12,22H2,1-6H3/b10-8-/t13-/m1/s1. The highest BCUT2D eigenvalue weighted by Crippen LogP contribution is 2.37. The minimum atomic E-state index is -4.41. The molecule has 0 saturated heterocycles. The zero-order chi connectivity index (χ0) is 18.8. The van der Waals surface area contributed by atoms with E-state index in [4.69, 9.17) is 10.2 Å². The number of nitrogens with two attached hydrogens (primary N) is 1. The van der Waals surface area contributed by atoms with Crippen LogP contribution in [0.5, 0.6) is 0 Å². The van der Waals surface area contributed by atoms with Crippen LogP contribution in [0.25, 0.3) is 6.08 Å². The summed E-state index contributed by atoms with van der Waals surface area (Å²) in [6, 6.07) is 3.63. The molecular formula is C18H28F3NOSi. The zero-order valence-electron chi connectivity index (χ0n) is 15.3. The van der Waals surface area contributed by atoms with E-state index >= 15 is 0 Å². The van der Waals surface area contributed by atoms with Gasteiger partial charge < -0.3 is 10.2 Å². The molecule has 6 heteroatoms. The lowest BCUT2D eigenvalue weighted by Crippen LogP contribution is -2.40. The maximum atomic E-state index is 13.2. The molecule has 0 amide bonds. The predicted octanol–water partition coefficient (Wildman–Crippen LogP) is 5.76. The smallest absolute Gasteiger partial charge is 0.413 e. The Morgan fingerprint density at radius 3 is 2.25 bits per heavy atom. The van der Waals surface area contributed by atoms with Crippen molar-refractivity contribution in [1.82, 2.24) is 0 Å². The molecule has 2 N–H and O–H groups in total. The van der Waals surface area contributed by atoms with Gasteiger partial charge in [0.1, 0.15) is 0 Å². The third kappa shape index (κ3) is 5.19. The lowest BCUT2D eigenvalue weighted by atomic mass is 9.96. The molecule has 0 heterocycles. The number of rotatable bonds is 5. The Morgan fingerprint density at radius 2 is 1.79 bits per heavy atom. The van der Waals surface area contributed by atoms with E-state index in [1.54, 1.807) is 19.1 Å². The van der Waals surface area contributed by atoms with Crippen LogP contribution in [0.4, 0.5) is 13.2 Å². The van der Waals surface area contributed by atoms with E-state index in [9.17, 15) is 13.2 Å². The highest BCUT2D eigenvalue weighted by molar-refractivity contribution is 6.74. The van der Waals surface area contributed by atoms with E-state index in [0.717, 1.165) is 6.07 Å². The Labute approximate surface area is 144 Å². The monoisotopic (exact) mass is 359 g/mol. The zero-order valence-corrected chi connectivity index (χ0v) is 16.3. The third-order valence-corrected chi connectivity index (χ3v) is 9.07. The first-order chi connectivity index (χ1) is 10.8. The molecule has 1 aromatic rings. The predicted molar refractivity (Wildman–Crippen MR) is 96.2 cm³/mol. The Bertz CT molecular complexity index is 587. The fourth-order valence-electron chi connectivity index (χ4n) is 2.05. The second kappa shape index (κ2) is 7.41. The van der Waals surface area contributed by atoms with Gasteiger partial charge in [0.05, 0.1) is 12.2 Å². The molecule has 0 unspecified atom stereocenters. The Hall–Kier alpha value is -1.11. The van der Waals surface area contributed by atoms with Gasteiger partial charge in [-0.25, -0.2) is 0 Å². The van der Waals surface area contributed by atoms with Crippen LogP contribution >= 0.6 is 0 Å². The van der Waals surface area contributed by atoms with Crippen LogP contribution < -0.4 is 5.73 Å². The second-order valence-corrected chi connectivity index (χ2v) is 12.4. The van der Waals surface area contributed by atoms with E-state index in [2.05, 4.69) is 33.9 Å². The van der Waals surface area contributed by atoms with Gasteiger partial charge in [0, 0.05) is 6.04 Å². The fourth-order valence-corrected chi connectivity index (χ4v) is 3.00. The van der Waals surface area contributed by atoms with Crippen molar-refractivity contribution in [1.29, 1.82) is 0 Å². The topological polar surface area (TPSA) is 35.2 Å². The molecule has 2 nitrogen and oxygen atoms in total. The maximum Gasteiger partial charge on any atom is 0.416 e. The molecule has 0 spiro atoms. The van der Waals surface area contributed by atoms with Crippen molar-refractivity contribution in [2.75, 3.05) is 6.61 Å². The highest BCUT2D eigenvalue weighted by Gasteiger charge is 2.37. The van der Waals surface area contributed by atoms with Crippen molar-refractivity contribution in [2.45, 2.75) is 58.0 Å². The van der Waals surface area contributed by atoms with Gasteiger partial charge >= 0.3 is 6.18 Å². The van der Waals surface area contributed by atoms with Crippen LogP contribution in [0, 0.1) is 0 Å². The summed E-state index contributed by atoms with van der Waals surface area (Å²) in [6.07, 6.45) is -1.28. The van der Waals surface area contributed by atoms with Crippen molar-refractivity contribution in [3.63, 3.8) is 0 Å². The van der Waals surface area contributed by atoms with Crippen LogP contribution in [0.1, 0.15) is 50.4 Å². The highest BCUT2D eigenvalue weighted by atomic mass is 28.4. The normalized spacial score (nSPS) is 15.1. The summed E-state index contributed by atoms with van der Waals surface area (Å²) >= 11 is 0. The molecule has 0 aliphatic heterocycles. The lowest BCUT2D eigenvalue weighted by molar-refractivity contribution is -0.137. The summed E-state index contributed by atoms with van der Waals surface area (Å²) in [5, 5.41) is 0.0572. The largest absolute Gasteiger partial charge is 0.416 e. The Morgan fingerprint density at radius 1 is 1.21 bits per heavy atom. The number of benzene rings is 1. The van der Waals surface area contributed by atoms with Gasteiger partial charge in [0.2, 0.25) is 0 Å². The van der Waals surface area contributed by atoms with E-state index in [0.29, 0.717) is 12.2 Å². The van der Waals surface area contributed by atoms with Crippen molar-refractivity contribution in [3.8, 4) is 0 Å². The van der Waals surface area contributed by atoms with Gasteiger partial charge in [-0.05, 0) is 42.2 Å². The number of alkyl halides is 3. The third-order valence-electron chi connectivity index (χ3n) is 4.57. The van der Waals surface area contributed by atoms with Crippen LogP contribution in [-0.2, 0) is 10.6 Å². The molecule has 0 saturated carbocycles. The van der Waals surface area contributed by atoms with Crippen LogP contribution in [-0.4, -0.2) is 14.9 Å². The molecular weight excluding hydrogens is 331 g/mol. The van der Waals surface area contributed by atoms with Crippen LogP contribution in [0.3, 0.4) is 0 Å². The van der Waals surface area contributed by atoms with Gasteiger partial charge in [0.25, 0.3) is 0 Å². The number of halogens is 3. The van der Waals surface area contributed by atoms with Crippen molar-refractivity contribution >= 4 is 14.4 Å². The van der Waals surface area contributed by atoms with E-state index in [1.807, 2.05) is 0 Å². The summed E-state index contributed by atoms with van der Waals surface area (Å²) in [6.45, 7) is 12.6. The molecule has 24 heavy (non-hydrogen) atoms. The molecule has 1 rings (SSSR count). The minimum Gasteiger partial charge on any atom is -0.413 e. The first kappa shape index (κ1) is 20.9. The number of hydrogen-bond acceptors (Lipinski definition) is 2. The van der Waals surface area contributed by atoms with E-state index in [-0.39, 0.29) is 10.6 Å². The quantitative estimate of drug-likeness (QED) is 0.678. The molecule has 0 radical (unpaired) electrons. The molecule has 0 aromatic heterocycles. The van der Waals surface area contributed by atoms with Gasteiger partial charge in [-0.1, -0.05) is 45.1 Å². The molecule has 0 aliphatic carbocycles. The Kier molecular flexibility index (Phi) is 6.47. The van der Waals surface area contributed by atoms with Gasteiger partial charge in [-0.15, -0.1) is 0 Å². The maximum absolute atomic E-state index is 13.2. The lowest BCUT2D eigenvalue weighted by Gasteiger charge is -2.35. The van der Waals surface area contributed by atoms with E-state index in [1.165, 1.54) is 12.1 Å². The van der Waals surface area contributed by atoms with Crippen molar-refractivity contribution < 1.29 is 17.6 Å². The second-order valence-electron chi connectivity index (χ2n) is 7.57. The molecule has 136 valence electrons. The van der Waals surface area contributed by atoms with Gasteiger partial charge in [-0.2, -0.15) is 13.2 Å². The van der Waals surface area contributed by atoms with Crippen molar-refractivity contribution in [3.05, 3.63) is 41.0 Å². The SMILES string of the molecule is C[C@@H](N)c1cccc(C(F)(F)F)c1/C=C\CO[Si](C)(C)C(C)(C)C. The van der Waals surface area contributed by atoms with Gasteiger partial charge in [-0.3, -0.25) is 0 Å². The summed E-state index contributed by atoms with van der Waals surface area (Å²) in [5.74, 6) is 0.